The van der Waals surface area contributed by atoms with E-state index in [1.54, 1.807) is 7.11 Å². The van der Waals surface area contributed by atoms with Crippen molar-refractivity contribution in [1.82, 2.24) is 5.01 Å². The predicted molar refractivity (Wildman–Crippen MR) is 97.9 cm³/mol. The fourth-order valence-corrected chi connectivity index (χ4v) is 3.36. The van der Waals surface area contributed by atoms with E-state index in [0.717, 1.165) is 30.9 Å². The molecule has 2 fully saturated rings. The number of hydrogen-bond donors (Lipinski definition) is 0. The second kappa shape index (κ2) is 6.56. The number of rotatable bonds is 5. The minimum absolute atomic E-state index is 0.420. The summed E-state index contributed by atoms with van der Waals surface area (Å²) in [7, 11) is 1.71. The van der Waals surface area contributed by atoms with Crippen LogP contribution in [0, 0.1) is 0 Å². The zero-order chi connectivity index (χ0) is 16.4. The molecule has 0 radical (unpaired) electrons. The molecule has 1 atom stereocenters. The molecule has 0 bridgehead atoms. The number of benzene rings is 2. The first kappa shape index (κ1) is 15.1. The lowest BCUT2D eigenvalue weighted by Gasteiger charge is -2.20. The molecule has 0 saturated carbocycles. The molecule has 0 aromatic heterocycles. The maximum atomic E-state index is 5.39. The summed E-state index contributed by atoms with van der Waals surface area (Å²) in [5.74, 6) is 0.879. The number of ether oxygens (including phenoxy) is 1. The standard InChI is InChI=1S/C20H23N3O/c1-24-18-9-10-19(22-11-5-6-12-22)17(13-18)14-21-23-15-20(23)16-7-3-2-4-8-16/h2-4,7-10,13-14,20H,5-6,11-12,15H2,1H3/b21-14+. The van der Waals surface area contributed by atoms with Gasteiger partial charge in [-0.2, -0.15) is 5.10 Å². The third-order valence-corrected chi connectivity index (χ3v) is 4.80. The molecule has 0 N–H and O–H groups in total. The summed E-state index contributed by atoms with van der Waals surface area (Å²) in [4.78, 5) is 2.44. The van der Waals surface area contributed by atoms with Crippen LogP contribution in [0.2, 0.25) is 0 Å². The molecule has 4 rings (SSSR count). The van der Waals surface area contributed by atoms with Crippen LogP contribution in [0.4, 0.5) is 5.69 Å². The van der Waals surface area contributed by atoms with E-state index < -0.39 is 0 Å². The minimum atomic E-state index is 0.420. The molecular weight excluding hydrogens is 298 g/mol. The summed E-state index contributed by atoms with van der Waals surface area (Å²) in [6.45, 7) is 3.25. The monoisotopic (exact) mass is 321 g/mol. The van der Waals surface area contributed by atoms with Gasteiger partial charge in [-0.15, -0.1) is 0 Å². The molecule has 0 spiro atoms. The summed E-state index contributed by atoms with van der Waals surface area (Å²) >= 11 is 0. The zero-order valence-corrected chi connectivity index (χ0v) is 14.1. The first-order chi connectivity index (χ1) is 11.8. The Morgan fingerprint density at radius 2 is 1.88 bits per heavy atom. The van der Waals surface area contributed by atoms with Crippen molar-refractivity contribution in [2.75, 3.05) is 31.6 Å². The van der Waals surface area contributed by atoms with Crippen molar-refractivity contribution < 1.29 is 4.74 Å². The van der Waals surface area contributed by atoms with E-state index >= 15 is 0 Å². The Morgan fingerprint density at radius 1 is 1.08 bits per heavy atom. The Hall–Kier alpha value is -2.49. The number of hydrogen-bond acceptors (Lipinski definition) is 4. The van der Waals surface area contributed by atoms with Gasteiger partial charge >= 0.3 is 0 Å². The predicted octanol–water partition coefficient (Wildman–Crippen LogP) is 3.69. The van der Waals surface area contributed by atoms with Crippen LogP contribution in [0.5, 0.6) is 5.75 Å². The van der Waals surface area contributed by atoms with Crippen LogP contribution >= 0.6 is 0 Å². The van der Waals surface area contributed by atoms with Crippen LogP contribution in [0.3, 0.4) is 0 Å². The molecule has 2 heterocycles. The molecule has 0 amide bonds. The highest BCUT2D eigenvalue weighted by Crippen LogP contribution is 2.35. The van der Waals surface area contributed by atoms with Crippen LogP contribution in [0.25, 0.3) is 0 Å². The van der Waals surface area contributed by atoms with Gasteiger partial charge in [0.15, 0.2) is 0 Å². The molecule has 2 aliphatic heterocycles. The van der Waals surface area contributed by atoms with Crippen molar-refractivity contribution in [2.24, 2.45) is 5.10 Å². The van der Waals surface area contributed by atoms with E-state index in [1.165, 1.54) is 24.1 Å². The molecule has 124 valence electrons. The fourth-order valence-electron chi connectivity index (χ4n) is 3.36. The molecular formula is C20H23N3O. The van der Waals surface area contributed by atoms with Gasteiger partial charge < -0.3 is 9.64 Å². The zero-order valence-electron chi connectivity index (χ0n) is 14.1. The molecule has 4 nitrogen and oxygen atoms in total. The molecule has 2 saturated heterocycles. The van der Waals surface area contributed by atoms with Gasteiger partial charge in [-0.1, -0.05) is 30.3 Å². The number of hydrazone groups is 1. The Labute approximate surface area is 143 Å². The number of methoxy groups -OCH3 is 1. The van der Waals surface area contributed by atoms with Gasteiger partial charge in [0.1, 0.15) is 5.75 Å². The lowest BCUT2D eigenvalue weighted by Crippen LogP contribution is -2.19. The van der Waals surface area contributed by atoms with Crippen molar-refractivity contribution in [2.45, 2.75) is 18.9 Å². The van der Waals surface area contributed by atoms with Gasteiger partial charge in [-0.3, -0.25) is 5.01 Å². The Bertz CT molecular complexity index is 723. The highest BCUT2D eigenvalue weighted by atomic mass is 16.5. The van der Waals surface area contributed by atoms with Crippen LogP contribution in [-0.2, 0) is 0 Å². The summed E-state index contributed by atoms with van der Waals surface area (Å²) in [5, 5.41) is 6.82. The third kappa shape index (κ3) is 3.09. The summed E-state index contributed by atoms with van der Waals surface area (Å²) < 4.78 is 5.39. The van der Waals surface area contributed by atoms with Gasteiger partial charge in [0.2, 0.25) is 0 Å². The molecule has 2 aromatic carbocycles. The van der Waals surface area contributed by atoms with E-state index in [-0.39, 0.29) is 0 Å². The van der Waals surface area contributed by atoms with Crippen LogP contribution in [0.1, 0.15) is 30.0 Å². The lowest BCUT2D eigenvalue weighted by atomic mass is 10.1. The number of nitrogens with zero attached hydrogens (tertiary/aromatic N) is 3. The van der Waals surface area contributed by atoms with E-state index in [2.05, 4.69) is 52.4 Å². The van der Waals surface area contributed by atoms with Crippen molar-refractivity contribution >= 4 is 11.9 Å². The highest BCUT2D eigenvalue weighted by molar-refractivity contribution is 5.88. The first-order valence-corrected chi connectivity index (χ1v) is 8.64. The minimum Gasteiger partial charge on any atom is -0.497 e. The second-order valence-corrected chi connectivity index (χ2v) is 6.41. The largest absolute Gasteiger partial charge is 0.497 e. The van der Waals surface area contributed by atoms with Crippen molar-refractivity contribution in [3.8, 4) is 5.75 Å². The molecule has 4 heteroatoms. The van der Waals surface area contributed by atoms with Crippen molar-refractivity contribution in [1.29, 1.82) is 0 Å². The maximum Gasteiger partial charge on any atom is 0.119 e. The Kier molecular flexibility index (Phi) is 4.11. The Morgan fingerprint density at radius 3 is 2.62 bits per heavy atom. The summed E-state index contributed by atoms with van der Waals surface area (Å²) in [6.07, 6.45) is 4.52. The van der Waals surface area contributed by atoms with Crippen LogP contribution in [0.15, 0.2) is 53.6 Å². The van der Waals surface area contributed by atoms with Crippen molar-refractivity contribution in [3.63, 3.8) is 0 Å². The first-order valence-electron chi connectivity index (χ1n) is 8.64. The van der Waals surface area contributed by atoms with Gasteiger partial charge in [-0.25, -0.2) is 0 Å². The van der Waals surface area contributed by atoms with Gasteiger partial charge in [0.05, 0.1) is 25.9 Å². The summed E-state index contributed by atoms with van der Waals surface area (Å²) in [6, 6.07) is 17.3. The molecule has 0 aliphatic carbocycles. The maximum absolute atomic E-state index is 5.39. The second-order valence-electron chi connectivity index (χ2n) is 6.41. The van der Waals surface area contributed by atoms with E-state index in [9.17, 15) is 0 Å². The third-order valence-electron chi connectivity index (χ3n) is 4.80. The van der Waals surface area contributed by atoms with E-state index in [1.807, 2.05) is 12.3 Å². The molecule has 2 aliphatic rings. The summed E-state index contributed by atoms with van der Waals surface area (Å²) in [5.41, 5.74) is 3.73. The topological polar surface area (TPSA) is 27.8 Å². The SMILES string of the molecule is COc1ccc(N2CCCC2)c(/C=N/N2CC2c2ccccc2)c1. The quantitative estimate of drug-likeness (QED) is 0.621. The molecule has 2 aromatic rings. The van der Waals surface area contributed by atoms with Crippen molar-refractivity contribution in [3.05, 3.63) is 59.7 Å². The molecule has 1 unspecified atom stereocenters. The van der Waals surface area contributed by atoms with Crippen LogP contribution in [-0.4, -0.2) is 38.0 Å². The average molecular weight is 321 g/mol. The molecule has 24 heavy (non-hydrogen) atoms. The Balaban J connectivity index is 1.53. The normalized spacial score (nSPS) is 20.0. The smallest absolute Gasteiger partial charge is 0.119 e. The van der Waals surface area contributed by atoms with Gasteiger partial charge in [-0.05, 0) is 36.6 Å². The van der Waals surface area contributed by atoms with Gasteiger partial charge in [0.25, 0.3) is 0 Å². The number of anilines is 1. The highest BCUT2D eigenvalue weighted by Gasteiger charge is 2.34. The van der Waals surface area contributed by atoms with Gasteiger partial charge in [0, 0.05) is 24.3 Å². The average Bonchev–Trinajstić information content (AvgIpc) is 3.22. The fraction of sp³-hybridized carbons (Fsp3) is 0.350. The van der Waals surface area contributed by atoms with Crippen LogP contribution < -0.4 is 9.64 Å². The lowest BCUT2D eigenvalue weighted by molar-refractivity contribution is 0.414. The van der Waals surface area contributed by atoms with E-state index in [4.69, 9.17) is 9.84 Å². The van der Waals surface area contributed by atoms with E-state index in [0.29, 0.717) is 6.04 Å².